The van der Waals surface area contributed by atoms with E-state index in [9.17, 15) is 0 Å². The molecular formula is C21H30N2O. The summed E-state index contributed by atoms with van der Waals surface area (Å²) in [7, 11) is 0. The predicted octanol–water partition coefficient (Wildman–Crippen LogP) is 5.32. The van der Waals surface area contributed by atoms with Crippen molar-refractivity contribution < 1.29 is 4.74 Å². The van der Waals surface area contributed by atoms with Gasteiger partial charge in [-0.25, -0.2) is 0 Å². The van der Waals surface area contributed by atoms with Gasteiger partial charge in [-0.15, -0.1) is 0 Å². The Morgan fingerprint density at radius 1 is 0.958 bits per heavy atom. The molecule has 2 aromatic carbocycles. The number of nitrogens with zero attached hydrogens (tertiary/aromatic N) is 1. The summed E-state index contributed by atoms with van der Waals surface area (Å²) in [4.78, 5) is 2.35. The van der Waals surface area contributed by atoms with Crippen molar-refractivity contribution in [3.63, 3.8) is 0 Å². The van der Waals surface area contributed by atoms with E-state index in [-0.39, 0.29) is 0 Å². The quantitative estimate of drug-likeness (QED) is 0.598. The highest BCUT2D eigenvalue weighted by atomic mass is 16.5. The van der Waals surface area contributed by atoms with Gasteiger partial charge in [0, 0.05) is 31.0 Å². The molecule has 0 unspecified atom stereocenters. The highest BCUT2D eigenvalue weighted by Gasteiger charge is 2.02. The van der Waals surface area contributed by atoms with Crippen LogP contribution in [0.25, 0.3) is 0 Å². The number of hydrogen-bond donors (Lipinski definition) is 1. The van der Waals surface area contributed by atoms with Crippen LogP contribution in [0.2, 0.25) is 0 Å². The lowest BCUT2D eigenvalue weighted by molar-refractivity contribution is 0.309. The van der Waals surface area contributed by atoms with Crippen LogP contribution in [0.4, 0.5) is 11.4 Å². The fourth-order valence-electron chi connectivity index (χ4n) is 2.66. The molecule has 0 aliphatic heterocycles. The van der Waals surface area contributed by atoms with Crippen molar-refractivity contribution >= 4 is 11.4 Å². The predicted molar refractivity (Wildman–Crippen MR) is 104 cm³/mol. The monoisotopic (exact) mass is 326 g/mol. The Morgan fingerprint density at radius 3 is 2.38 bits per heavy atom. The number of anilines is 2. The van der Waals surface area contributed by atoms with Gasteiger partial charge < -0.3 is 15.0 Å². The first-order valence-electron chi connectivity index (χ1n) is 9.07. The third kappa shape index (κ3) is 5.48. The second kappa shape index (κ2) is 9.86. The van der Waals surface area contributed by atoms with Gasteiger partial charge in [0.15, 0.2) is 0 Å². The lowest BCUT2D eigenvalue weighted by atomic mass is 10.2. The number of ether oxygens (including phenoxy) is 1. The molecule has 2 rings (SSSR count). The summed E-state index contributed by atoms with van der Waals surface area (Å²) >= 11 is 0. The summed E-state index contributed by atoms with van der Waals surface area (Å²) in [5.74, 6) is 0.958. The van der Waals surface area contributed by atoms with Crippen molar-refractivity contribution in [1.29, 1.82) is 0 Å². The average molecular weight is 326 g/mol. The minimum atomic E-state index is 0.792. The number of nitrogens with one attached hydrogen (secondary N) is 1. The average Bonchev–Trinajstić information content (AvgIpc) is 2.63. The zero-order valence-electron chi connectivity index (χ0n) is 15.2. The second-order valence-electron chi connectivity index (χ2n) is 5.92. The van der Waals surface area contributed by atoms with Crippen molar-refractivity contribution in [1.82, 2.24) is 0 Å². The zero-order valence-corrected chi connectivity index (χ0v) is 15.2. The molecule has 0 aliphatic carbocycles. The van der Waals surface area contributed by atoms with E-state index in [0.29, 0.717) is 0 Å². The zero-order chi connectivity index (χ0) is 17.2. The van der Waals surface area contributed by atoms with Gasteiger partial charge in [-0.3, -0.25) is 0 Å². The first-order valence-corrected chi connectivity index (χ1v) is 9.07. The molecule has 0 bridgehead atoms. The van der Waals surface area contributed by atoms with Gasteiger partial charge in [-0.05, 0) is 62.2 Å². The van der Waals surface area contributed by atoms with Crippen molar-refractivity contribution in [3.8, 4) is 5.75 Å². The molecule has 2 aromatic rings. The minimum Gasteiger partial charge on any atom is -0.494 e. The molecule has 0 saturated heterocycles. The van der Waals surface area contributed by atoms with E-state index >= 15 is 0 Å². The van der Waals surface area contributed by atoms with Crippen LogP contribution in [0.3, 0.4) is 0 Å². The van der Waals surface area contributed by atoms with Gasteiger partial charge in [-0.1, -0.05) is 25.5 Å². The van der Waals surface area contributed by atoms with Crippen LogP contribution in [0.1, 0.15) is 39.2 Å². The Bertz CT molecular complexity index is 591. The van der Waals surface area contributed by atoms with Gasteiger partial charge in [0.05, 0.1) is 6.61 Å². The summed E-state index contributed by atoms with van der Waals surface area (Å²) in [6.07, 6.45) is 2.26. The summed E-state index contributed by atoms with van der Waals surface area (Å²) in [6.45, 7) is 10.2. The standard InChI is InChI=1S/C21H30N2O/c1-4-7-15-24-21-10-8-9-18(16-21)17-22-19-11-13-20(14-12-19)23(5-2)6-3/h8-14,16,22H,4-7,15,17H2,1-3H3. The van der Waals surface area contributed by atoms with E-state index < -0.39 is 0 Å². The largest absolute Gasteiger partial charge is 0.494 e. The molecule has 0 radical (unpaired) electrons. The fraction of sp³-hybridized carbons (Fsp3) is 0.429. The summed E-state index contributed by atoms with van der Waals surface area (Å²) < 4.78 is 5.77. The Labute approximate surface area is 146 Å². The van der Waals surface area contributed by atoms with E-state index in [1.807, 2.05) is 6.07 Å². The van der Waals surface area contributed by atoms with Crippen LogP contribution in [-0.2, 0) is 6.54 Å². The maximum Gasteiger partial charge on any atom is 0.119 e. The smallest absolute Gasteiger partial charge is 0.119 e. The molecule has 0 amide bonds. The Hall–Kier alpha value is -2.16. The van der Waals surface area contributed by atoms with Crippen LogP contribution in [0.15, 0.2) is 48.5 Å². The minimum absolute atomic E-state index is 0.792. The molecule has 0 aliphatic rings. The van der Waals surface area contributed by atoms with Crippen LogP contribution in [0.5, 0.6) is 5.75 Å². The highest BCUT2D eigenvalue weighted by Crippen LogP contribution is 2.19. The Morgan fingerprint density at radius 2 is 1.71 bits per heavy atom. The molecule has 0 aromatic heterocycles. The van der Waals surface area contributed by atoms with Crippen LogP contribution >= 0.6 is 0 Å². The van der Waals surface area contributed by atoms with Crippen molar-refractivity contribution in [2.24, 2.45) is 0 Å². The summed E-state index contributed by atoms with van der Waals surface area (Å²) in [5, 5.41) is 3.48. The molecule has 0 saturated carbocycles. The number of unbranched alkanes of at least 4 members (excludes halogenated alkanes) is 1. The Kier molecular flexibility index (Phi) is 7.47. The molecule has 3 heteroatoms. The van der Waals surface area contributed by atoms with Crippen LogP contribution < -0.4 is 15.0 Å². The number of benzene rings is 2. The molecule has 0 heterocycles. The Balaban J connectivity index is 1.89. The van der Waals surface area contributed by atoms with Gasteiger partial charge in [0.2, 0.25) is 0 Å². The third-order valence-corrected chi connectivity index (χ3v) is 4.16. The van der Waals surface area contributed by atoms with E-state index in [2.05, 4.69) is 73.5 Å². The van der Waals surface area contributed by atoms with E-state index in [0.717, 1.165) is 50.5 Å². The van der Waals surface area contributed by atoms with E-state index in [1.165, 1.54) is 11.3 Å². The molecule has 24 heavy (non-hydrogen) atoms. The summed E-state index contributed by atoms with van der Waals surface area (Å²) in [6, 6.07) is 17.0. The van der Waals surface area contributed by atoms with Crippen molar-refractivity contribution in [2.75, 3.05) is 29.9 Å². The van der Waals surface area contributed by atoms with Crippen molar-refractivity contribution in [2.45, 2.75) is 40.2 Å². The molecular weight excluding hydrogens is 296 g/mol. The van der Waals surface area contributed by atoms with Gasteiger partial charge in [0.25, 0.3) is 0 Å². The maximum atomic E-state index is 5.77. The molecule has 130 valence electrons. The lowest BCUT2D eigenvalue weighted by Gasteiger charge is -2.21. The maximum absolute atomic E-state index is 5.77. The first-order chi connectivity index (χ1) is 11.8. The van der Waals surface area contributed by atoms with E-state index in [4.69, 9.17) is 4.74 Å². The van der Waals surface area contributed by atoms with Crippen molar-refractivity contribution in [3.05, 3.63) is 54.1 Å². The number of hydrogen-bond acceptors (Lipinski definition) is 3. The summed E-state index contributed by atoms with van der Waals surface area (Å²) in [5.41, 5.74) is 3.65. The topological polar surface area (TPSA) is 24.5 Å². The fourth-order valence-corrected chi connectivity index (χ4v) is 2.66. The highest BCUT2D eigenvalue weighted by molar-refractivity contribution is 5.55. The van der Waals surface area contributed by atoms with E-state index in [1.54, 1.807) is 0 Å². The molecule has 1 N–H and O–H groups in total. The van der Waals surface area contributed by atoms with Crippen LogP contribution in [-0.4, -0.2) is 19.7 Å². The normalized spacial score (nSPS) is 10.5. The SMILES string of the molecule is CCCCOc1cccc(CNc2ccc(N(CC)CC)cc2)c1. The van der Waals surface area contributed by atoms with Gasteiger partial charge in [-0.2, -0.15) is 0 Å². The number of rotatable bonds is 10. The van der Waals surface area contributed by atoms with Gasteiger partial charge >= 0.3 is 0 Å². The lowest BCUT2D eigenvalue weighted by Crippen LogP contribution is -2.21. The molecule has 0 fully saturated rings. The van der Waals surface area contributed by atoms with Gasteiger partial charge in [0.1, 0.15) is 5.75 Å². The first kappa shape index (κ1) is 18.2. The molecule has 3 nitrogen and oxygen atoms in total. The molecule has 0 spiro atoms. The second-order valence-corrected chi connectivity index (χ2v) is 5.92. The molecule has 0 atom stereocenters. The third-order valence-electron chi connectivity index (χ3n) is 4.16. The van der Waals surface area contributed by atoms with Crippen LogP contribution in [0, 0.1) is 0 Å².